The van der Waals surface area contributed by atoms with Gasteiger partial charge in [-0.1, -0.05) is 41.9 Å². The van der Waals surface area contributed by atoms with E-state index >= 15 is 0 Å². The number of hydrogen-bond donors (Lipinski definition) is 2. The van der Waals surface area contributed by atoms with Gasteiger partial charge < -0.3 is 4.74 Å². The average Bonchev–Trinajstić information content (AvgIpc) is 2.58. The highest BCUT2D eigenvalue weighted by molar-refractivity contribution is 9.10. The summed E-state index contributed by atoms with van der Waals surface area (Å²) in [4.78, 5) is 23.9. The Morgan fingerprint density at radius 2 is 1.76 bits per heavy atom. The number of hydrazine groups is 1. The summed E-state index contributed by atoms with van der Waals surface area (Å²) < 4.78 is 6.50. The number of hydrogen-bond acceptors (Lipinski definition) is 3. The Labute approximate surface area is 155 Å². The van der Waals surface area contributed by atoms with Gasteiger partial charge in [0.15, 0.2) is 6.61 Å². The topological polar surface area (TPSA) is 67.4 Å². The first-order chi connectivity index (χ1) is 11.9. The molecule has 0 fully saturated rings. The van der Waals surface area contributed by atoms with Crippen molar-refractivity contribution >= 4 is 27.7 Å². The van der Waals surface area contributed by atoms with E-state index in [1.165, 1.54) is 0 Å². The Hall–Kier alpha value is -2.34. The van der Waals surface area contributed by atoms with Crippen molar-refractivity contribution in [3.8, 4) is 5.75 Å². The lowest BCUT2D eigenvalue weighted by molar-refractivity contribution is -0.123. The molecule has 0 bridgehead atoms. The molecule has 5 nitrogen and oxygen atoms in total. The summed E-state index contributed by atoms with van der Waals surface area (Å²) in [6.45, 7) is 5.92. The first-order valence-electron chi connectivity index (χ1n) is 7.95. The number of carbonyl (C=O) groups excluding carboxylic acids is 2. The highest BCUT2D eigenvalue weighted by Gasteiger charge is 2.11. The van der Waals surface area contributed by atoms with Crippen LogP contribution in [0.5, 0.6) is 5.75 Å². The number of rotatable bonds is 5. The predicted octanol–water partition coefficient (Wildman–Crippen LogP) is 3.72. The molecule has 2 N–H and O–H groups in total. The molecule has 0 aliphatic heterocycles. The van der Waals surface area contributed by atoms with Gasteiger partial charge in [-0.3, -0.25) is 20.4 Å². The number of benzene rings is 2. The molecule has 0 radical (unpaired) electrons. The Morgan fingerprint density at radius 1 is 1.08 bits per heavy atom. The summed E-state index contributed by atoms with van der Waals surface area (Å²) >= 11 is 3.30. The number of amides is 2. The van der Waals surface area contributed by atoms with Gasteiger partial charge in [0.05, 0.1) is 0 Å². The monoisotopic (exact) mass is 404 g/mol. The number of carbonyl (C=O) groups is 2. The molecule has 0 saturated heterocycles. The van der Waals surface area contributed by atoms with Crippen molar-refractivity contribution in [1.82, 2.24) is 10.9 Å². The molecule has 0 aliphatic rings. The SMILES string of the molecule is Cc1ccc(C(C)C)c(OCC(=O)NNC(=O)c2ccc(Br)cc2)c1. The molecule has 6 heteroatoms. The largest absolute Gasteiger partial charge is 0.483 e. The lowest BCUT2D eigenvalue weighted by Crippen LogP contribution is -2.43. The molecule has 2 aromatic carbocycles. The first-order valence-corrected chi connectivity index (χ1v) is 8.74. The maximum Gasteiger partial charge on any atom is 0.276 e. The minimum absolute atomic E-state index is 0.177. The fraction of sp³-hybridized carbons (Fsp3) is 0.263. The van der Waals surface area contributed by atoms with Crippen molar-refractivity contribution < 1.29 is 14.3 Å². The summed E-state index contributed by atoms with van der Waals surface area (Å²) in [5.41, 5.74) is 7.27. The number of halogens is 1. The van der Waals surface area contributed by atoms with E-state index in [0.29, 0.717) is 11.3 Å². The zero-order valence-corrected chi connectivity index (χ0v) is 16.0. The highest BCUT2D eigenvalue weighted by atomic mass is 79.9. The van der Waals surface area contributed by atoms with Crippen LogP contribution in [0, 0.1) is 6.92 Å². The van der Waals surface area contributed by atoms with Crippen molar-refractivity contribution in [3.63, 3.8) is 0 Å². The zero-order valence-electron chi connectivity index (χ0n) is 14.4. The molecule has 0 aromatic heterocycles. The Bertz CT molecular complexity index is 758. The predicted molar refractivity (Wildman–Crippen MR) is 101 cm³/mol. The quantitative estimate of drug-likeness (QED) is 0.746. The second kappa shape index (κ2) is 8.67. The van der Waals surface area contributed by atoms with Crippen LogP contribution >= 0.6 is 15.9 Å². The Balaban J connectivity index is 1.88. The summed E-state index contributed by atoms with van der Waals surface area (Å²) in [5, 5.41) is 0. The van der Waals surface area contributed by atoms with Gasteiger partial charge in [-0.05, 0) is 54.3 Å². The van der Waals surface area contributed by atoms with Gasteiger partial charge in [-0.25, -0.2) is 0 Å². The highest BCUT2D eigenvalue weighted by Crippen LogP contribution is 2.27. The van der Waals surface area contributed by atoms with E-state index < -0.39 is 5.91 Å². The van der Waals surface area contributed by atoms with Crippen molar-refractivity contribution in [1.29, 1.82) is 0 Å². The van der Waals surface area contributed by atoms with E-state index in [-0.39, 0.29) is 18.4 Å². The van der Waals surface area contributed by atoms with Gasteiger partial charge in [0.1, 0.15) is 5.75 Å². The van der Waals surface area contributed by atoms with Crippen molar-refractivity contribution in [2.45, 2.75) is 26.7 Å². The van der Waals surface area contributed by atoms with Gasteiger partial charge in [0.2, 0.25) is 0 Å². The van der Waals surface area contributed by atoms with E-state index in [0.717, 1.165) is 15.6 Å². The summed E-state index contributed by atoms with van der Waals surface area (Å²) in [5.74, 6) is 0.154. The van der Waals surface area contributed by atoms with Crippen molar-refractivity contribution in [2.24, 2.45) is 0 Å². The van der Waals surface area contributed by atoms with Crippen LogP contribution in [0.15, 0.2) is 46.9 Å². The molecule has 2 amide bonds. The van der Waals surface area contributed by atoms with Crippen LogP contribution in [-0.2, 0) is 4.79 Å². The third kappa shape index (κ3) is 5.60. The maximum atomic E-state index is 11.9. The second-order valence-electron chi connectivity index (χ2n) is 5.99. The van der Waals surface area contributed by atoms with Crippen LogP contribution < -0.4 is 15.6 Å². The maximum absolute atomic E-state index is 11.9. The molecule has 2 aromatic rings. The van der Waals surface area contributed by atoms with Crippen LogP contribution in [0.25, 0.3) is 0 Å². The zero-order chi connectivity index (χ0) is 18.4. The van der Waals surface area contributed by atoms with Crippen molar-refractivity contribution in [2.75, 3.05) is 6.61 Å². The number of ether oxygens (including phenoxy) is 1. The number of nitrogens with one attached hydrogen (secondary N) is 2. The normalized spacial score (nSPS) is 10.4. The molecule has 0 spiro atoms. The van der Waals surface area contributed by atoms with Crippen LogP contribution in [-0.4, -0.2) is 18.4 Å². The van der Waals surface area contributed by atoms with Crippen molar-refractivity contribution in [3.05, 3.63) is 63.6 Å². The molecular weight excluding hydrogens is 384 g/mol. The lowest BCUT2D eigenvalue weighted by atomic mass is 10.0. The van der Waals surface area contributed by atoms with Gasteiger partial charge >= 0.3 is 0 Å². The smallest absolute Gasteiger partial charge is 0.276 e. The van der Waals surface area contributed by atoms with Crippen LogP contribution in [0.2, 0.25) is 0 Å². The second-order valence-corrected chi connectivity index (χ2v) is 6.91. The molecule has 0 saturated carbocycles. The average molecular weight is 405 g/mol. The molecule has 0 atom stereocenters. The van der Waals surface area contributed by atoms with Crippen LogP contribution in [0.4, 0.5) is 0 Å². The van der Waals surface area contributed by atoms with E-state index in [4.69, 9.17) is 4.74 Å². The van der Waals surface area contributed by atoms with E-state index in [1.807, 2.05) is 25.1 Å². The minimum atomic E-state index is -0.429. The van der Waals surface area contributed by atoms with Gasteiger partial charge in [0, 0.05) is 10.0 Å². The van der Waals surface area contributed by atoms with Gasteiger partial charge in [-0.15, -0.1) is 0 Å². The summed E-state index contributed by atoms with van der Waals surface area (Å²) in [7, 11) is 0. The molecule has 25 heavy (non-hydrogen) atoms. The molecular formula is C19H21BrN2O3. The summed E-state index contributed by atoms with van der Waals surface area (Å²) in [6.07, 6.45) is 0. The molecule has 0 heterocycles. The fourth-order valence-corrected chi connectivity index (χ4v) is 2.49. The van der Waals surface area contributed by atoms with E-state index in [9.17, 15) is 9.59 Å². The third-order valence-corrected chi connectivity index (χ3v) is 4.10. The van der Waals surface area contributed by atoms with Gasteiger partial charge in [0.25, 0.3) is 11.8 Å². The van der Waals surface area contributed by atoms with E-state index in [1.54, 1.807) is 24.3 Å². The standard InChI is InChI=1S/C19H21BrN2O3/c1-12(2)16-9-4-13(3)10-17(16)25-11-18(23)21-22-19(24)14-5-7-15(20)8-6-14/h4-10,12H,11H2,1-3H3,(H,21,23)(H,22,24). The van der Waals surface area contributed by atoms with Gasteiger partial charge in [-0.2, -0.15) is 0 Å². The summed E-state index contributed by atoms with van der Waals surface area (Å²) in [6, 6.07) is 12.7. The Kier molecular flexibility index (Phi) is 6.58. The van der Waals surface area contributed by atoms with Crippen LogP contribution in [0.3, 0.4) is 0 Å². The minimum Gasteiger partial charge on any atom is -0.483 e. The van der Waals surface area contributed by atoms with Crippen LogP contribution in [0.1, 0.15) is 41.3 Å². The third-order valence-electron chi connectivity index (χ3n) is 3.57. The fourth-order valence-electron chi connectivity index (χ4n) is 2.22. The molecule has 0 aliphatic carbocycles. The molecule has 2 rings (SSSR count). The first kappa shape index (κ1) is 19.0. The Morgan fingerprint density at radius 3 is 2.40 bits per heavy atom. The van der Waals surface area contributed by atoms with E-state index in [2.05, 4.69) is 40.6 Å². The molecule has 132 valence electrons. The molecule has 0 unspecified atom stereocenters. The lowest BCUT2D eigenvalue weighted by Gasteiger charge is -2.15. The number of aryl methyl sites for hydroxylation is 1.